The van der Waals surface area contributed by atoms with Gasteiger partial charge in [0, 0.05) is 19.5 Å². The Balaban J connectivity index is -0.000000333. The fourth-order valence-corrected chi connectivity index (χ4v) is 3.17. The average molecular weight is 382 g/mol. The van der Waals surface area contributed by atoms with Crippen LogP contribution >= 0.6 is 0 Å². The van der Waals surface area contributed by atoms with Crippen molar-refractivity contribution in [3.63, 3.8) is 0 Å². The van der Waals surface area contributed by atoms with Gasteiger partial charge in [-0.2, -0.15) is 0 Å². The van der Waals surface area contributed by atoms with Gasteiger partial charge in [0.25, 0.3) is 0 Å². The van der Waals surface area contributed by atoms with Gasteiger partial charge in [0.1, 0.15) is 0 Å². The van der Waals surface area contributed by atoms with Gasteiger partial charge in [0.2, 0.25) is 0 Å². The van der Waals surface area contributed by atoms with Crippen molar-refractivity contribution in [1.82, 2.24) is 0 Å². The third kappa shape index (κ3) is 21.6. The van der Waals surface area contributed by atoms with E-state index in [2.05, 4.69) is 27.7 Å². The summed E-state index contributed by atoms with van der Waals surface area (Å²) in [7, 11) is 0. The summed E-state index contributed by atoms with van der Waals surface area (Å²) in [6.07, 6.45) is 2.48. The molecule has 0 atom stereocenters. The number of hydrogen-bond acceptors (Lipinski definition) is 2. The first kappa shape index (κ1) is 27.4. The fourth-order valence-electron chi connectivity index (χ4n) is 3.17. The van der Waals surface area contributed by atoms with Crippen molar-refractivity contribution >= 4 is 11.9 Å². The van der Waals surface area contributed by atoms with Crippen molar-refractivity contribution in [3.8, 4) is 0 Å². The van der Waals surface area contributed by atoms with Crippen molar-refractivity contribution in [1.29, 1.82) is 0 Å². The van der Waals surface area contributed by atoms with Crippen LogP contribution < -0.4 is 0 Å². The largest absolute Gasteiger partial charge is 0.481 e. The Hall–Kier alpha value is -0.437. The Morgan fingerprint density at radius 1 is 0.739 bits per heavy atom. The van der Waals surface area contributed by atoms with E-state index in [1.807, 2.05) is 27.7 Å². The predicted molar refractivity (Wildman–Crippen MR) is 91.0 cm³/mol. The number of rotatable bonds is 8. The summed E-state index contributed by atoms with van der Waals surface area (Å²) in [6, 6.07) is 0. The second-order valence-electron chi connectivity index (χ2n) is 8.67. The average Bonchev–Trinajstić information content (AvgIpc) is 2.06. The molecular weight excluding hydrogens is 346 g/mol. The summed E-state index contributed by atoms with van der Waals surface area (Å²) in [6.45, 7) is 16.5. The van der Waals surface area contributed by atoms with E-state index in [1.54, 1.807) is 0 Å². The number of hydrogen-bond donors (Lipinski definition) is 2. The Labute approximate surface area is 155 Å². The molecular formula is C18H36O4Zn. The molecule has 0 fully saturated rings. The molecule has 0 aliphatic carbocycles. The third-order valence-corrected chi connectivity index (χ3v) is 3.18. The van der Waals surface area contributed by atoms with E-state index in [-0.39, 0.29) is 43.1 Å². The van der Waals surface area contributed by atoms with Gasteiger partial charge in [-0.3, -0.25) is 9.59 Å². The second-order valence-corrected chi connectivity index (χ2v) is 8.67. The third-order valence-electron chi connectivity index (χ3n) is 3.18. The fraction of sp³-hybridized carbons (Fsp3) is 0.889. The molecule has 0 bridgehead atoms. The molecule has 0 aromatic heterocycles. The maximum absolute atomic E-state index is 10.4. The first-order valence-corrected chi connectivity index (χ1v) is 8.10. The molecule has 23 heavy (non-hydrogen) atoms. The molecule has 0 aromatic carbocycles. The van der Waals surface area contributed by atoms with E-state index >= 15 is 0 Å². The number of aliphatic carboxylic acids is 2. The minimum Gasteiger partial charge on any atom is -0.481 e. The maximum Gasteiger partial charge on any atom is 0.303 e. The van der Waals surface area contributed by atoms with E-state index < -0.39 is 11.9 Å². The molecule has 134 valence electrons. The van der Waals surface area contributed by atoms with Gasteiger partial charge in [-0.15, -0.1) is 0 Å². The van der Waals surface area contributed by atoms with Crippen molar-refractivity contribution < 1.29 is 39.3 Å². The maximum atomic E-state index is 10.4. The number of carbonyl (C=O) groups is 2. The summed E-state index contributed by atoms with van der Waals surface area (Å²) in [5.74, 6) is -0.250. The Bertz CT molecular complexity index is 313. The summed E-state index contributed by atoms with van der Waals surface area (Å²) in [4.78, 5) is 20.8. The number of carboxylic acid groups (broad SMARTS) is 2. The Morgan fingerprint density at radius 2 is 0.957 bits per heavy atom. The van der Waals surface area contributed by atoms with E-state index in [1.165, 1.54) is 0 Å². The summed E-state index contributed by atoms with van der Waals surface area (Å²) in [5.41, 5.74) is -0.111. The smallest absolute Gasteiger partial charge is 0.303 e. The first-order chi connectivity index (χ1) is 9.67. The van der Waals surface area contributed by atoms with Crippen molar-refractivity contribution in [3.05, 3.63) is 0 Å². The monoisotopic (exact) mass is 380 g/mol. The van der Waals surface area contributed by atoms with Crippen LogP contribution in [0.1, 0.15) is 81.1 Å². The van der Waals surface area contributed by atoms with E-state index in [0.29, 0.717) is 11.8 Å². The minimum absolute atomic E-state index is 0. The molecule has 0 saturated carbocycles. The topological polar surface area (TPSA) is 74.6 Å². The molecule has 0 aliphatic rings. The molecule has 4 nitrogen and oxygen atoms in total. The van der Waals surface area contributed by atoms with Gasteiger partial charge in [0.05, 0.1) is 12.8 Å². The van der Waals surface area contributed by atoms with Crippen molar-refractivity contribution in [2.75, 3.05) is 0 Å². The summed E-state index contributed by atoms with van der Waals surface area (Å²) in [5, 5.41) is 17.1. The molecule has 0 unspecified atom stereocenters. The van der Waals surface area contributed by atoms with Gasteiger partial charge >= 0.3 is 11.9 Å². The zero-order valence-corrected chi connectivity index (χ0v) is 19.4. The Morgan fingerprint density at radius 3 is 1.09 bits per heavy atom. The molecule has 0 heterocycles. The van der Waals surface area contributed by atoms with Gasteiger partial charge in [-0.1, -0.05) is 55.4 Å². The van der Waals surface area contributed by atoms with E-state index in [9.17, 15) is 9.59 Å². The molecule has 0 amide bonds. The van der Waals surface area contributed by atoms with Crippen LogP contribution in [0.4, 0.5) is 0 Å². The van der Waals surface area contributed by atoms with Crippen molar-refractivity contribution in [2.24, 2.45) is 22.7 Å². The van der Waals surface area contributed by atoms with Crippen LogP contribution in [0, 0.1) is 22.7 Å². The first-order valence-electron chi connectivity index (χ1n) is 8.10. The SMILES string of the molecule is CC(C)CC(C)(C)CC(=O)O.CC(C)CC(C)(C)CC(=O)O.[Zn]. The molecule has 0 spiro atoms. The van der Waals surface area contributed by atoms with Crippen LogP contribution in [0.3, 0.4) is 0 Å². The van der Waals surface area contributed by atoms with Crippen LogP contribution in [-0.2, 0) is 29.1 Å². The van der Waals surface area contributed by atoms with Gasteiger partial charge < -0.3 is 10.2 Å². The van der Waals surface area contributed by atoms with E-state index in [0.717, 1.165) is 12.8 Å². The predicted octanol–water partition coefficient (Wildman–Crippen LogP) is 5.06. The molecule has 0 rings (SSSR count). The van der Waals surface area contributed by atoms with Crippen LogP contribution in [0.5, 0.6) is 0 Å². The molecule has 2 N–H and O–H groups in total. The van der Waals surface area contributed by atoms with Crippen molar-refractivity contribution in [2.45, 2.75) is 81.1 Å². The van der Waals surface area contributed by atoms with Gasteiger partial charge in [-0.25, -0.2) is 0 Å². The summed E-state index contributed by atoms with van der Waals surface area (Å²) < 4.78 is 0. The minimum atomic E-state index is -0.698. The molecule has 0 radical (unpaired) electrons. The number of carboxylic acids is 2. The Kier molecular flexibility index (Phi) is 14.3. The molecule has 5 heteroatoms. The van der Waals surface area contributed by atoms with Crippen LogP contribution in [-0.4, -0.2) is 22.2 Å². The standard InChI is InChI=1S/2C9H18O2.Zn/c2*1-7(2)5-9(3,4)6-8(10)11;/h2*7H,5-6H2,1-4H3,(H,10,11);. The molecule has 0 aromatic rings. The van der Waals surface area contributed by atoms with Gasteiger partial charge in [0.15, 0.2) is 0 Å². The normalized spacial score (nSPS) is 11.6. The zero-order valence-electron chi connectivity index (χ0n) is 16.4. The van der Waals surface area contributed by atoms with E-state index in [4.69, 9.17) is 10.2 Å². The molecule has 0 saturated heterocycles. The second kappa shape index (κ2) is 12.0. The quantitative estimate of drug-likeness (QED) is 0.576. The summed E-state index contributed by atoms with van der Waals surface area (Å²) >= 11 is 0. The van der Waals surface area contributed by atoms with Gasteiger partial charge in [-0.05, 0) is 35.5 Å². The van der Waals surface area contributed by atoms with Crippen LogP contribution in [0.15, 0.2) is 0 Å². The van der Waals surface area contributed by atoms with Crippen LogP contribution in [0.25, 0.3) is 0 Å². The molecule has 0 aliphatic heterocycles. The van der Waals surface area contributed by atoms with Crippen LogP contribution in [0.2, 0.25) is 0 Å². The zero-order chi connectivity index (χ0) is 18.1.